The number of amides is 1. The van der Waals surface area contributed by atoms with Crippen molar-refractivity contribution in [2.75, 3.05) is 33.8 Å². The smallest absolute Gasteiger partial charge is 0.256 e. The van der Waals surface area contributed by atoms with E-state index in [1.807, 2.05) is 18.2 Å². The maximum atomic E-state index is 13.2. The number of carbonyl (C=O) groups excluding carboxylic acids is 1. The van der Waals surface area contributed by atoms with Gasteiger partial charge in [-0.1, -0.05) is 13.8 Å². The number of aromatic amines is 1. The molecule has 1 heterocycles. The number of H-pyrrole nitrogens is 1. The third-order valence-corrected chi connectivity index (χ3v) is 4.96. The van der Waals surface area contributed by atoms with Crippen molar-refractivity contribution in [3.63, 3.8) is 0 Å². The van der Waals surface area contributed by atoms with Crippen molar-refractivity contribution in [2.45, 2.75) is 20.3 Å². The Morgan fingerprint density at radius 2 is 1.59 bits per heavy atom. The average molecular weight is 440 g/mol. The molecule has 0 bridgehead atoms. The maximum Gasteiger partial charge on any atom is 0.256 e. The minimum Gasteiger partial charge on any atom is -0.497 e. The van der Waals surface area contributed by atoms with Crippen LogP contribution < -0.4 is 24.3 Å². The van der Waals surface area contributed by atoms with Crippen molar-refractivity contribution in [2.24, 2.45) is 5.92 Å². The molecule has 0 aliphatic heterocycles. The zero-order chi connectivity index (χ0) is 23.3. The molecule has 0 atom stereocenters. The molecule has 32 heavy (non-hydrogen) atoms. The molecule has 170 valence electrons. The van der Waals surface area contributed by atoms with E-state index in [4.69, 9.17) is 18.9 Å². The molecule has 0 fully saturated rings. The normalized spacial score (nSPS) is 10.7. The van der Waals surface area contributed by atoms with Gasteiger partial charge in [-0.05, 0) is 42.7 Å². The summed E-state index contributed by atoms with van der Waals surface area (Å²) < 4.78 is 21.4. The van der Waals surface area contributed by atoms with Crippen LogP contribution in [-0.2, 0) is 6.42 Å². The number of hydrogen-bond acceptors (Lipinski definition) is 6. The van der Waals surface area contributed by atoms with E-state index >= 15 is 0 Å². The first-order valence-corrected chi connectivity index (χ1v) is 10.2. The maximum absolute atomic E-state index is 13.2. The van der Waals surface area contributed by atoms with E-state index in [9.17, 15) is 4.79 Å². The quantitative estimate of drug-likeness (QED) is 0.507. The van der Waals surface area contributed by atoms with Gasteiger partial charge in [-0.2, -0.15) is 5.10 Å². The lowest BCUT2D eigenvalue weighted by Crippen LogP contribution is -2.14. The Morgan fingerprint density at radius 1 is 0.938 bits per heavy atom. The van der Waals surface area contributed by atoms with Crippen molar-refractivity contribution in [1.29, 1.82) is 0 Å². The molecule has 1 aromatic heterocycles. The number of benzene rings is 2. The van der Waals surface area contributed by atoms with Gasteiger partial charge in [0.2, 0.25) is 0 Å². The first-order valence-electron chi connectivity index (χ1n) is 10.2. The van der Waals surface area contributed by atoms with E-state index in [0.29, 0.717) is 45.9 Å². The summed E-state index contributed by atoms with van der Waals surface area (Å²) in [6.07, 6.45) is 0.720. The zero-order valence-corrected chi connectivity index (χ0v) is 19.2. The van der Waals surface area contributed by atoms with Crippen molar-refractivity contribution >= 4 is 11.6 Å². The van der Waals surface area contributed by atoms with Crippen molar-refractivity contribution in [3.8, 4) is 34.3 Å². The summed E-state index contributed by atoms with van der Waals surface area (Å²) in [6, 6.07) is 10.6. The van der Waals surface area contributed by atoms with E-state index in [0.717, 1.165) is 17.7 Å². The summed E-state index contributed by atoms with van der Waals surface area (Å²) in [4.78, 5) is 13.2. The Labute approximate surface area is 187 Å². The highest BCUT2D eigenvalue weighted by Gasteiger charge is 2.21. The molecule has 0 radical (unpaired) electrons. The summed E-state index contributed by atoms with van der Waals surface area (Å²) >= 11 is 0. The number of aromatic nitrogens is 2. The largest absolute Gasteiger partial charge is 0.497 e. The topological polar surface area (TPSA) is 94.7 Å². The van der Waals surface area contributed by atoms with Crippen LogP contribution in [0.25, 0.3) is 11.3 Å². The lowest BCUT2D eigenvalue weighted by Gasteiger charge is -2.13. The molecular formula is C24H29N3O5. The van der Waals surface area contributed by atoms with Crippen LogP contribution in [0.15, 0.2) is 36.4 Å². The summed E-state index contributed by atoms with van der Waals surface area (Å²) in [5, 5.41) is 10.6. The monoisotopic (exact) mass is 439 g/mol. The third-order valence-electron chi connectivity index (χ3n) is 4.96. The fraction of sp³-hybridized carbons (Fsp3) is 0.333. The van der Waals surface area contributed by atoms with Crippen LogP contribution >= 0.6 is 0 Å². The number of ether oxygens (including phenoxy) is 4. The number of anilines is 1. The molecule has 0 aliphatic rings. The molecule has 0 spiro atoms. The van der Waals surface area contributed by atoms with Gasteiger partial charge in [-0.25, -0.2) is 0 Å². The Bertz CT molecular complexity index is 1070. The Kier molecular flexibility index (Phi) is 7.25. The summed E-state index contributed by atoms with van der Waals surface area (Å²) in [5.41, 5.74) is 3.28. The van der Waals surface area contributed by atoms with E-state index in [2.05, 4.69) is 29.4 Å². The fourth-order valence-corrected chi connectivity index (χ4v) is 3.39. The van der Waals surface area contributed by atoms with E-state index in [1.165, 1.54) is 0 Å². The van der Waals surface area contributed by atoms with Crippen LogP contribution in [0.5, 0.6) is 23.0 Å². The predicted molar refractivity (Wildman–Crippen MR) is 123 cm³/mol. The van der Waals surface area contributed by atoms with Crippen molar-refractivity contribution in [3.05, 3.63) is 47.7 Å². The van der Waals surface area contributed by atoms with Crippen LogP contribution in [0.4, 0.5) is 5.69 Å². The van der Waals surface area contributed by atoms with Crippen molar-refractivity contribution < 1.29 is 23.7 Å². The van der Waals surface area contributed by atoms with Gasteiger partial charge in [0.25, 0.3) is 5.91 Å². The molecular weight excluding hydrogens is 410 g/mol. The summed E-state index contributed by atoms with van der Waals surface area (Å²) in [6.45, 7) is 4.21. The molecule has 2 N–H and O–H groups in total. The average Bonchev–Trinajstić information content (AvgIpc) is 3.19. The van der Waals surface area contributed by atoms with Crippen LogP contribution in [0, 0.1) is 5.92 Å². The summed E-state index contributed by atoms with van der Waals surface area (Å²) in [7, 11) is 6.25. The molecule has 3 rings (SSSR count). The van der Waals surface area contributed by atoms with Gasteiger partial charge in [0.15, 0.2) is 11.5 Å². The van der Waals surface area contributed by atoms with Crippen LogP contribution in [0.2, 0.25) is 0 Å². The lowest BCUT2D eigenvalue weighted by atomic mass is 10.0. The number of rotatable bonds is 9. The molecule has 0 aliphatic carbocycles. The van der Waals surface area contributed by atoms with Crippen molar-refractivity contribution in [1.82, 2.24) is 10.2 Å². The highest BCUT2D eigenvalue weighted by Crippen LogP contribution is 2.36. The number of carbonyl (C=O) groups is 1. The van der Waals surface area contributed by atoms with Gasteiger partial charge in [0.1, 0.15) is 17.2 Å². The molecule has 8 nitrogen and oxygen atoms in total. The Morgan fingerprint density at radius 3 is 2.16 bits per heavy atom. The highest BCUT2D eigenvalue weighted by molar-refractivity contribution is 6.07. The van der Waals surface area contributed by atoms with Gasteiger partial charge in [-0.3, -0.25) is 9.89 Å². The first-order chi connectivity index (χ1) is 15.4. The van der Waals surface area contributed by atoms with Gasteiger partial charge in [0, 0.05) is 17.2 Å². The molecule has 2 aromatic carbocycles. The zero-order valence-electron chi connectivity index (χ0n) is 19.2. The molecule has 0 unspecified atom stereocenters. The fourth-order valence-electron chi connectivity index (χ4n) is 3.39. The molecule has 8 heteroatoms. The second-order valence-corrected chi connectivity index (χ2v) is 7.65. The minimum atomic E-state index is -0.296. The van der Waals surface area contributed by atoms with Gasteiger partial charge >= 0.3 is 0 Å². The van der Waals surface area contributed by atoms with E-state index in [-0.39, 0.29) is 5.91 Å². The Hall–Kier alpha value is -3.68. The van der Waals surface area contributed by atoms with E-state index < -0.39 is 0 Å². The second-order valence-electron chi connectivity index (χ2n) is 7.65. The Balaban J connectivity index is 2.03. The molecule has 3 aromatic rings. The van der Waals surface area contributed by atoms with E-state index in [1.54, 1.807) is 46.6 Å². The van der Waals surface area contributed by atoms with Crippen LogP contribution in [0.3, 0.4) is 0 Å². The van der Waals surface area contributed by atoms with Gasteiger partial charge < -0.3 is 24.3 Å². The minimum absolute atomic E-state index is 0.296. The second kappa shape index (κ2) is 10.1. The van der Waals surface area contributed by atoms with Crippen LogP contribution in [0.1, 0.15) is 29.9 Å². The molecule has 0 saturated heterocycles. The third kappa shape index (κ3) is 4.96. The van der Waals surface area contributed by atoms with Gasteiger partial charge in [-0.15, -0.1) is 0 Å². The van der Waals surface area contributed by atoms with Crippen LogP contribution in [-0.4, -0.2) is 44.5 Å². The first kappa shape index (κ1) is 23.0. The number of methoxy groups -OCH3 is 4. The highest BCUT2D eigenvalue weighted by atomic mass is 16.5. The molecule has 1 amide bonds. The summed E-state index contributed by atoms with van der Waals surface area (Å²) in [5.74, 6) is 2.32. The lowest BCUT2D eigenvalue weighted by molar-refractivity contribution is 0.102. The number of nitrogens with zero attached hydrogens (tertiary/aromatic N) is 1. The number of hydrogen-bond donors (Lipinski definition) is 2. The van der Waals surface area contributed by atoms with Gasteiger partial charge in [0.05, 0.1) is 39.8 Å². The SMILES string of the molecule is COc1cc(OC)cc(C(=O)Nc2c(-c3ccc(OC)c(OC)c3)n[nH]c2CC(C)C)c1. The predicted octanol–water partition coefficient (Wildman–Crippen LogP) is 4.56. The number of nitrogens with one attached hydrogen (secondary N) is 2. The molecule has 0 saturated carbocycles. The standard InChI is InChI=1S/C24H29N3O5/c1-14(2)9-19-23(25-24(28)16-10-17(29-3)13-18(11-16)30-4)22(27-26-19)15-7-8-20(31-5)21(12-15)32-6/h7-8,10-14H,9H2,1-6H3,(H,25,28)(H,26,27).